The number of likely N-dealkylation sites (tertiary alicyclic amines) is 1. The van der Waals surface area contributed by atoms with Crippen molar-refractivity contribution in [2.24, 2.45) is 5.41 Å². The standard InChI is InChI=1S/C28H33F2N3O2S/c1-20-10-11-21(18-31-20)26(2,3)33-17-16-28(19-33,15-14-23-12-13-24(29)36-23)27(4,30)35-25(34)32-22-8-6-5-7-9-22/h5-13,18H,14-17,19H2,1-4H3,(H,32,34). The Morgan fingerprint density at radius 2 is 1.92 bits per heavy atom. The molecular formula is C28H33F2N3O2S. The van der Waals surface area contributed by atoms with Gasteiger partial charge in [0, 0.05) is 41.5 Å². The van der Waals surface area contributed by atoms with E-state index in [-0.39, 0.29) is 5.13 Å². The van der Waals surface area contributed by atoms with Crippen molar-refractivity contribution in [3.8, 4) is 0 Å². The van der Waals surface area contributed by atoms with Crippen LogP contribution in [0.1, 0.15) is 49.7 Å². The van der Waals surface area contributed by atoms with E-state index in [0.29, 0.717) is 38.0 Å². The van der Waals surface area contributed by atoms with E-state index in [4.69, 9.17) is 4.74 Å². The molecule has 3 aromatic rings. The zero-order chi connectivity index (χ0) is 26.0. The lowest BCUT2D eigenvalue weighted by Crippen LogP contribution is -2.50. The number of pyridine rings is 1. The van der Waals surface area contributed by atoms with Gasteiger partial charge in [-0.05, 0) is 82.5 Å². The fraction of sp³-hybridized carbons (Fsp3) is 0.429. The maximum Gasteiger partial charge on any atom is 0.414 e. The first-order chi connectivity index (χ1) is 17.0. The van der Waals surface area contributed by atoms with E-state index in [1.165, 1.54) is 13.0 Å². The molecule has 0 spiro atoms. The number of amides is 1. The number of alkyl halides is 1. The zero-order valence-electron chi connectivity index (χ0n) is 21.2. The maximum atomic E-state index is 16.5. The normalized spacial score (nSPS) is 20.2. The molecule has 1 aliphatic rings. The topological polar surface area (TPSA) is 54.5 Å². The average molecular weight is 514 g/mol. The van der Waals surface area contributed by atoms with Crippen molar-refractivity contribution < 1.29 is 18.3 Å². The number of carbonyl (C=O) groups excluding carboxylic acids is 1. The van der Waals surface area contributed by atoms with Gasteiger partial charge in [-0.3, -0.25) is 15.2 Å². The number of aryl methyl sites for hydroxylation is 2. The third-order valence-electron chi connectivity index (χ3n) is 7.49. The van der Waals surface area contributed by atoms with E-state index >= 15 is 4.39 Å². The number of benzene rings is 1. The van der Waals surface area contributed by atoms with Crippen LogP contribution in [0.15, 0.2) is 60.8 Å². The van der Waals surface area contributed by atoms with Crippen molar-refractivity contribution in [3.05, 3.63) is 82.1 Å². The van der Waals surface area contributed by atoms with Crippen LogP contribution in [0.3, 0.4) is 0 Å². The highest BCUT2D eigenvalue weighted by Crippen LogP contribution is 2.50. The third-order valence-corrected chi connectivity index (χ3v) is 8.43. The van der Waals surface area contributed by atoms with E-state index in [1.54, 1.807) is 30.3 Å². The van der Waals surface area contributed by atoms with Crippen molar-refractivity contribution in [2.75, 3.05) is 18.4 Å². The number of anilines is 1. The van der Waals surface area contributed by atoms with Crippen LogP contribution in [0.2, 0.25) is 0 Å². The number of rotatable bonds is 8. The summed E-state index contributed by atoms with van der Waals surface area (Å²) in [4.78, 5) is 20.2. The lowest BCUT2D eigenvalue weighted by molar-refractivity contribution is -0.170. The second-order valence-electron chi connectivity index (χ2n) is 10.2. The number of nitrogens with one attached hydrogen (secondary N) is 1. The minimum atomic E-state index is -2.25. The van der Waals surface area contributed by atoms with Gasteiger partial charge >= 0.3 is 6.09 Å². The number of hydrogen-bond donors (Lipinski definition) is 1. The van der Waals surface area contributed by atoms with Crippen molar-refractivity contribution in [2.45, 2.75) is 58.4 Å². The molecule has 0 saturated carbocycles. The first kappa shape index (κ1) is 26.2. The molecule has 5 nitrogen and oxygen atoms in total. The lowest BCUT2D eigenvalue weighted by atomic mass is 9.75. The molecule has 2 unspecified atom stereocenters. The second-order valence-corrected chi connectivity index (χ2v) is 11.3. The molecule has 192 valence electrons. The highest BCUT2D eigenvalue weighted by Gasteiger charge is 2.57. The van der Waals surface area contributed by atoms with E-state index in [1.807, 2.05) is 25.3 Å². The molecule has 1 fully saturated rings. The number of halogens is 2. The summed E-state index contributed by atoms with van der Waals surface area (Å²) in [5, 5.41) is 2.36. The van der Waals surface area contributed by atoms with Crippen molar-refractivity contribution >= 4 is 23.1 Å². The van der Waals surface area contributed by atoms with Gasteiger partial charge in [0.05, 0.1) is 5.41 Å². The Morgan fingerprint density at radius 3 is 2.56 bits per heavy atom. The zero-order valence-corrected chi connectivity index (χ0v) is 22.0. The Bertz CT molecular complexity index is 1180. The maximum absolute atomic E-state index is 16.5. The first-order valence-corrected chi connectivity index (χ1v) is 13.0. The van der Waals surface area contributed by atoms with Crippen LogP contribution in [-0.2, 0) is 16.7 Å². The summed E-state index contributed by atoms with van der Waals surface area (Å²) in [6.07, 6.45) is 2.43. The van der Waals surface area contributed by atoms with Crippen LogP contribution in [0.25, 0.3) is 0 Å². The summed E-state index contributed by atoms with van der Waals surface area (Å²) < 4.78 is 35.6. The molecular weight excluding hydrogens is 480 g/mol. The fourth-order valence-electron chi connectivity index (χ4n) is 4.95. The number of hydrogen-bond acceptors (Lipinski definition) is 5. The Kier molecular flexibility index (Phi) is 7.48. The van der Waals surface area contributed by atoms with Crippen LogP contribution in [0.4, 0.5) is 19.3 Å². The van der Waals surface area contributed by atoms with Gasteiger partial charge < -0.3 is 4.74 Å². The number of ether oxygens (including phenoxy) is 1. The minimum Gasteiger partial charge on any atom is -0.412 e. The Hall–Kier alpha value is -2.84. The molecule has 1 saturated heterocycles. The van der Waals surface area contributed by atoms with Gasteiger partial charge in [-0.15, -0.1) is 11.3 Å². The van der Waals surface area contributed by atoms with E-state index in [9.17, 15) is 9.18 Å². The Labute approximate surface area is 215 Å². The summed E-state index contributed by atoms with van der Waals surface area (Å²) in [7, 11) is 0. The van der Waals surface area contributed by atoms with Crippen molar-refractivity contribution in [1.82, 2.24) is 9.88 Å². The van der Waals surface area contributed by atoms with Gasteiger partial charge in [-0.2, -0.15) is 8.78 Å². The summed E-state index contributed by atoms with van der Waals surface area (Å²) in [6, 6.07) is 16.0. The summed E-state index contributed by atoms with van der Waals surface area (Å²) in [6.45, 7) is 8.50. The highest BCUT2D eigenvalue weighted by atomic mass is 32.1. The van der Waals surface area contributed by atoms with Crippen LogP contribution < -0.4 is 5.32 Å². The van der Waals surface area contributed by atoms with Gasteiger partial charge in [0.25, 0.3) is 5.85 Å². The summed E-state index contributed by atoms with van der Waals surface area (Å²) in [5.41, 5.74) is 1.12. The monoisotopic (exact) mass is 513 g/mol. The first-order valence-electron chi connectivity index (χ1n) is 12.2. The molecule has 3 heterocycles. The van der Waals surface area contributed by atoms with Crippen LogP contribution >= 0.6 is 11.3 Å². The molecule has 0 aliphatic carbocycles. The van der Waals surface area contributed by atoms with Gasteiger partial charge in [0.2, 0.25) is 0 Å². The van der Waals surface area contributed by atoms with Crippen molar-refractivity contribution in [1.29, 1.82) is 0 Å². The largest absolute Gasteiger partial charge is 0.414 e. The minimum absolute atomic E-state index is 0.262. The van der Waals surface area contributed by atoms with E-state index in [2.05, 4.69) is 35.1 Å². The second kappa shape index (κ2) is 10.3. The third kappa shape index (κ3) is 5.60. The predicted molar refractivity (Wildman–Crippen MR) is 139 cm³/mol. The van der Waals surface area contributed by atoms with Gasteiger partial charge in [-0.1, -0.05) is 24.3 Å². The van der Waals surface area contributed by atoms with Gasteiger partial charge in [0.1, 0.15) is 0 Å². The smallest absolute Gasteiger partial charge is 0.412 e. The molecule has 0 bridgehead atoms. The fourth-order valence-corrected chi connectivity index (χ4v) is 5.68. The van der Waals surface area contributed by atoms with Crippen LogP contribution in [-0.4, -0.2) is 34.9 Å². The quantitative estimate of drug-likeness (QED) is 0.350. The average Bonchev–Trinajstić information content (AvgIpc) is 3.46. The van der Waals surface area contributed by atoms with Gasteiger partial charge in [0.15, 0.2) is 5.13 Å². The van der Waals surface area contributed by atoms with Crippen LogP contribution in [0, 0.1) is 17.5 Å². The summed E-state index contributed by atoms with van der Waals surface area (Å²) >= 11 is 1.07. The molecule has 4 rings (SSSR count). The van der Waals surface area contributed by atoms with E-state index in [0.717, 1.165) is 27.5 Å². The van der Waals surface area contributed by atoms with Gasteiger partial charge in [-0.25, -0.2) is 4.79 Å². The van der Waals surface area contributed by atoms with Crippen LogP contribution in [0.5, 0.6) is 0 Å². The number of carbonyl (C=O) groups is 1. The highest BCUT2D eigenvalue weighted by molar-refractivity contribution is 7.10. The molecule has 8 heteroatoms. The Morgan fingerprint density at radius 1 is 1.17 bits per heavy atom. The SMILES string of the molecule is Cc1ccc(C(C)(C)N2CCC(CCc3ccc(F)s3)(C(C)(F)OC(=O)Nc3ccccc3)C2)cn1. The van der Waals surface area contributed by atoms with E-state index < -0.39 is 22.9 Å². The molecule has 2 aromatic heterocycles. The number of thiophene rings is 1. The molecule has 36 heavy (non-hydrogen) atoms. The molecule has 1 N–H and O–H groups in total. The molecule has 1 aromatic carbocycles. The molecule has 1 amide bonds. The molecule has 0 radical (unpaired) electrons. The number of nitrogens with zero attached hydrogens (tertiary/aromatic N) is 2. The molecule has 1 aliphatic heterocycles. The Balaban J connectivity index is 1.57. The predicted octanol–water partition coefficient (Wildman–Crippen LogP) is 7.09. The number of aromatic nitrogens is 1. The summed E-state index contributed by atoms with van der Waals surface area (Å²) in [5.74, 6) is -2.25. The molecule has 2 atom stereocenters. The lowest BCUT2D eigenvalue weighted by Gasteiger charge is -2.42. The number of para-hydroxylation sites is 1. The van der Waals surface area contributed by atoms with Crippen molar-refractivity contribution in [3.63, 3.8) is 0 Å².